The molecular weight excluding hydrogens is 426 g/mol. The maximum absolute atomic E-state index is 13.7. The van der Waals surface area contributed by atoms with Gasteiger partial charge in [0.05, 0.1) is 16.6 Å². The molecule has 0 aromatic heterocycles. The lowest BCUT2D eigenvalue weighted by molar-refractivity contribution is -0.140. The SMILES string of the molecule is CNC(=O)[C@@H]1[C@@H]2CC(C)C3(S2)C(C(=O)NCc2ccccc2)N(CCCCCO)C(=O)[C@H]13. The number of benzene rings is 1. The van der Waals surface area contributed by atoms with Crippen LogP contribution in [0.5, 0.6) is 0 Å². The number of aliphatic hydroxyl groups excluding tert-OH is 1. The highest BCUT2D eigenvalue weighted by molar-refractivity contribution is 8.02. The highest BCUT2D eigenvalue weighted by Gasteiger charge is 2.75. The van der Waals surface area contributed by atoms with Gasteiger partial charge >= 0.3 is 0 Å². The zero-order chi connectivity index (χ0) is 22.9. The Kier molecular flexibility index (Phi) is 6.81. The number of aliphatic hydroxyl groups is 1. The van der Waals surface area contributed by atoms with Crippen molar-refractivity contribution < 1.29 is 19.5 Å². The summed E-state index contributed by atoms with van der Waals surface area (Å²) in [6.45, 7) is 3.12. The molecule has 3 heterocycles. The Labute approximate surface area is 193 Å². The summed E-state index contributed by atoms with van der Waals surface area (Å²) in [6, 6.07) is 9.16. The molecule has 174 valence electrons. The first kappa shape index (κ1) is 23.1. The van der Waals surface area contributed by atoms with E-state index in [4.69, 9.17) is 5.11 Å². The van der Waals surface area contributed by atoms with Gasteiger partial charge in [0.15, 0.2) is 0 Å². The number of unbranched alkanes of at least 4 members (excludes halogenated alkanes) is 2. The van der Waals surface area contributed by atoms with Crippen molar-refractivity contribution in [3.8, 4) is 0 Å². The van der Waals surface area contributed by atoms with Crippen LogP contribution < -0.4 is 10.6 Å². The Bertz CT molecular complexity index is 866. The van der Waals surface area contributed by atoms with E-state index in [0.717, 1.165) is 24.8 Å². The summed E-state index contributed by atoms with van der Waals surface area (Å²) in [5.41, 5.74) is 1.01. The van der Waals surface area contributed by atoms with Gasteiger partial charge in [0.25, 0.3) is 0 Å². The average Bonchev–Trinajstić information content (AvgIpc) is 3.39. The van der Waals surface area contributed by atoms with Crippen LogP contribution in [0.4, 0.5) is 0 Å². The molecule has 3 fully saturated rings. The lowest BCUT2D eigenvalue weighted by atomic mass is 9.66. The maximum atomic E-state index is 13.7. The zero-order valence-corrected chi connectivity index (χ0v) is 19.6. The lowest BCUT2D eigenvalue weighted by Gasteiger charge is -2.38. The minimum atomic E-state index is -0.586. The van der Waals surface area contributed by atoms with Gasteiger partial charge in [-0.2, -0.15) is 0 Å². The van der Waals surface area contributed by atoms with Crippen LogP contribution in [0.15, 0.2) is 30.3 Å². The third kappa shape index (κ3) is 3.71. The Morgan fingerprint density at radius 1 is 1.19 bits per heavy atom. The zero-order valence-electron chi connectivity index (χ0n) is 18.8. The van der Waals surface area contributed by atoms with Crippen molar-refractivity contribution in [1.29, 1.82) is 0 Å². The summed E-state index contributed by atoms with van der Waals surface area (Å²) in [4.78, 5) is 41.8. The molecular formula is C24H33N3O4S. The van der Waals surface area contributed by atoms with Gasteiger partial charge in [0, 0.05) is 32.0 Å². The molecule has 0 saturated carbocycles. The molecule has 2 bridgehead atoms. The molecule has 1 aromatic carbocycles. The van der Waals surface area contributed by atoms with E-state index in [1.807, 2.05) is 30.3 Å². The number of thioether (sulfide) groups is 1. The van der Waals surface area contributed by atoms with Crippen molar-refractivity contribution in [3.05, 3.63) is 35.9 Å². The second-order valence-corrected chi connectivity index (χ2v) is 10.7. The summed E-state index contributed by atoms with van der Waals surface area (Å²) >= 11 is 1.69. The van der Waals surface area contributed by atoms with Gasteiger partial charge in [-0.1, -0.05) is 37.3 Å². The Morgan fingerprint density at radius 3 is 2.62 bits per heavy atom. The van der Waals surface area contributed by atoms with Crippen LogP contribution in [-0.2, 0) is 20.9 Å². The minimum absolute atomic E-state index is 0.0657. The molecule has 6 atom stereocenters. The van der Waals surface area contributed by atoms with E-state index in [2.05, 4.69) is 17.6 Å². The first-order valence-electron chi connectivity index (χ1n) is 11.6. The number of amides is 3. The van der Waals surface area contributed by atoms with Gasteiger partial charge < -0.3 is 20.6 Å². The summed E-state index contributed by atoms with van der Waals surface area (Å²) in [6.07, 6.45) is 3.04. The summed E-state index contributed by atoms with van der Waals surface area (Å²) < 4.78 is -0.573. The molecule has 3 N–H and O–H groups in total. The number of nitrogens with one attached hydrogen (secondary N) is 2. The lowest BCUT2D eigenvalue weighted by Crippen LogP contribution is -2.56. The number of nitrogens with zero attached hydrogens (tertiary/aromatic N) is 1. The standard InChI is InChI=1S/C24H33N3O4S/c1-15-13-17-18(21(29)25-2)19-23(31)27(11-7-4-8-12-28)20(24(15,19)32-17)22(30)26-14-16-9-5-3-6-10-16/h3,5-6,9-10,15,17-20,28H,4,7-8,11-14H2,1-2H3,(H,25,29)(H,26,30)/t15?,17-,18+,19-,20?,24?/m0/s1. The van der Waals surface area contributed by atoms with E-state index in [-0.39, 0.29) is 41.4 Å². The Morgan fingerprint density at radius 2 is 1.94 bits per heavy atom. The fraction of sp³-hybridized carbons (Fsp3) is 0.625. The van der Waals surface area contributed by atoms with Crippen LogP contribution in [-0.4, -0.2) is 64.0 Å². The molecule has 1 spiro atoms. The van der Waals surface area contributed by atoms with Crippen molar-refractivity contribution in [2.45, 2.75) is 55.2 Å². The van der Waals surface area contributed by atoms with Crippen molar-refractivity contribution in [2.24, 2.45) is 17.8 Å². The topological polar surface area (TPSA) is 98.7 Å². The summed E-state index contributed by atoms with van der Waals surface area (Å²) in [5.74, 6) is -0.983. The molecule has 4 rings (SSSR count). The molecule has 3 aliphatic heterocycles. The summed E-state index contributed by atoms with van der Waals surface area (Å²) in [7, 11) is 1.62. The predicted molar refractivity (Wildman–Crippen MR) is 124 cm³/mol. The summed E-state index contributed by atoms with van der Waals surface area (Å²) in [5, 5.41) is 15.0. The maximum Gasteiger partial charge on any atom is 0.244 e. The monoisotopic (exact) mass is 459 g/mol. The molecule has 3 aliphatic rings. The molecule has 32 heavy (non-hydrogen) atoms. The normalized spacial score (nSPS) is 32.8. The van der Waals surface area contributed by atoms with Gasteiger partial charge in [-0.05, 0) is 37.2 Å². The van der Waals surface area contributed by atoms with Crippen molar-refractivity contribution in [3.63, 3.8) is 0 Å². The fourth-order valence-electron chi connectivity index (χ4n) is 5.98. The number of fused-ring (bicyclic) bond motifs is 1. The molecule has 1 aromatic rings. The van der Waals surface area contributed by atoms with E-state index in [1.54, 1.807) is 23.7 Å². The number of hydrogen-bond donors (Lipinski definition) is 3. The molecule has 3 amide bonds. The largest absolute Gasteiger partial charge is 0.396 e. The Hall–Kier alpha value is -2.06. The number of hydrogen-bond acceptors (Lipinski definition) is 5. The first-order chi connectivity index (χ1) is 15.5. The van der Waals surface area contributed by atoms with Gasteiger partial charge in [-0.15, -0.1) is 11.8 Å². The van der Waals surface area contributed by atoms with Crippen molar-refractivity contribution in [1.82, 2.24) is 15.5 Å². The van der Waals surface area contributed by atoms with Gasteiger partial charge in [-0.25, -0.2) is 0 Å². The Balaban J connectivity index is 1.62. The van der Waals surface area contributed by atoms with Crippen LogP contribution >= 0.6 is 11.8 Å². The average molecular weight is 460 g/mol. The molecule has 0 aliphatic carbocycles. The van der Waals surface area contributed by atoms with Gasteiger partial charge in [-0.3, -0.25) is 14.4 Å². The van der Waals surface area contributed by atoms with E-state index >= 15 is 0 Å². The van der Waals surface area contributed by atoms with Gasteiger partial charge in [0.2, 0.25) is 17.7 Å². The third-order valence-corrected chi connectivity index (χ3v) is 9.49. The molecule has 3 saturated heterocycles. The first-order valence-corrected chi connectivity index (χ1v) is 12.5. The van der Waals surface area contributed by atoms with E-state index < -0.39 is 16.7 Å². The van der Waals surface area contributed by atoms with Crippen LogP contribution in [0.3, 0.4) is 0 Å². The van der Waals surface area contributed by atoms with Crippen LogP contribution in [0.2, 0.25) is 0 Å². The van der Waals surface area contributed by atoms with E-state index in [9.17, 15) is 14.4 Å². The fourth-order valence-corrected chi connectivity index (χ4v) is 8.40. The second kappa shape index (κ2) is 9.43. The number of likely N-dealkylation sites (tertiary alicyclic amines) is 1. The van der Waals surface area contributed by atoms with Crippen molar-refractivity contribution >= 4 is 29.5 Å². The minimum Gasteiger partial charge on any atom is -0.396 e. The predicted octanol–water partition coefficient (Wildman–Crippen LogP) is 1.55. The second-order valence-electron chi connectivity index (χ2n) is 9.19. The molecule has 8 heteroatoms. The van der Waals surface area contributed by atoms with Crippen molar-refractivity contribution in [2.75, 3.05) is 20.2 Å². The number of carbonyl (C=O) groups excluding carboxylic acids is 3. The molecule has 3 unspecified atom stereocenters. The smallest absolute Gasteiger partial charge is 0.244 e. The van der Waals surface area contributed by atoms with Gasteiger partial charge in [0.1, 0.15) is 6.04 Å². The molecule has 7 nitrogen and oxygen atoms in total. The van der Waals surface area contributed by atoms with E-state index in [0.29, 0.717) is 19.5 Å². The quantitative estimate of drug-likeness (QED) is 0.487. The van der Waals surface area contributed by atoms with E-state index in [1.165, 1.54) is 0 Å². The highest BCUT2D eigenvalue weighted by Crippen LogP contribution is 2.68. The third-order valence-electron chi connectivity index (χ3n) is 7.41. The van der Waals surface area contributed by atoms with Crippen LogP contribution in [0.25, 0.3) is 0 Å². The highest BCUT2D eigenvalue weighted by atomic mass is 32.2. The number of rotatable bonds is 9. The number of carbonyl (C=O) groups is 3. The molecule has 0 radical (unpaired) electrons. The van der Waals surface area contributed by atoms with Crippen LogP contribution in [0, 0.1) is 17.8 Å². The van der Waals surface area contributed by atoms with Crippen LogP contribution in [0.1, 0.15) is 38.2 Å².